The van der Waals surface area contributed by atoms with Crippen LogP contribution < -0.4 is 10.6 Å². The van der Waals surface area contributed by atoms with Crippen LogP contribution in [0.5, 0.6) is 0 Å². The second-order valence-corrected chi connectivity index (χ2v) is 5.24. The number of carbonyl (C=O) groups is 2. The number of carbonyl (C=O) groups excluding carboxylic acids is 2. The predicted octanol–water partition coefficient (Wildman–Crippen LogP) is 1.06. The summed E-state index contributed by atoms with van der Waals surface area (Å²) >= 11 is 0. The van der Waals surface area contributed by atoms with E-state index in [0.717, 1.165) is 0 Å². The van der Waals surface area contributed by atoms with Crippen molar-refractivity contribution in [2.24, 2.45) is 0 Å². The highest BCUT2D eigenvalue weighted by atomic mass is 19.1. The smallest absolute Gasteiger partial charge is 0.309 e. The summed E-state index contributed by atoms with van der Waals surface area (Å²) < 4.78 is 17.8. The van der Waals surface area contributed by atoms with Crippen LogP contribution in [0.1, 0.15) is 18.2 Å². The van der Waals surface area contributed by atoms with Gasteiger partial charge in [-0.15, -0.1) is 0 Å². The lowest BCUT2D eigenvalue weighted by molar-refractivity contribution is -0.140. The van der Waals surface area contributed by atoms with E-state index in [-0.39, 0.29) is 24.7 Å². The Labute approximate surface area is 132 Å². The largest absolute Gasteiger partial charge is 0.466 e. The van der Waals surface area contributed by atoms with Crippen LogP contribution in [-0.4, -0.2) is 23.5 Å². The molecule has 23 heavy (non-hydrogen) atoms. The van der Waals surface area contributed by atoms with E-state index in [0.29, 0.717) is 5.56 Å². The van der Waals surface area contributed by atoms with Crippen molar-refractivity contribution in [3.63, 3.8) is 0 Å². The van der Waals surface area contributed by atoms with Gasteiger partial charge in [0.25, 0.3) is 0 Å². The van der Waals surface area contributed by atoms with Crippen LogP contribution in [0.3, 0.4) is 0 Å². The van der Waals surface area contributed by atoms with Gasteiger partial charge in [0.05, 0.1) is 12.8 Å². The molecule has 0 spiro atoms. The molecule has 0 saturated heterocycles. The molecule has 7 heteroatoms. The molecule has 0 saturated carbocycles. The quantitative estimate of drug-likeness (QED) is 0.718. The Hall–Kier alpha value is -2.67. The van der Waals surface area contributed by atoms with Gasteiger partial charge in [-0.2, -0.15) is 0 Å². The van der Waals surface area contributed by atoms with E-state index in [1.807, 2.05) is 0 Å². The normalized spacial score (nSPS) is 13.2. The summed E-state index contributed by atoms with van der Waals surface area (Å²) in [5.74, 6) is -1.81. The Balaban J connectivity index is 1.81. The summed E-state index contributed by atoms with van der Waals surface area (Å²) in [5, 5.41) is 14.9. The predicted molar refractivity (Wildman–Crippen MR) is 79.5 cm³/mol. The van der Waals surface area contributed by atoms with Crippen LogP contribution >= 0.6 is 0 Å². The lowest BCUT2D eigenvalue weighted by atomic mass is 10.0. The number of nitrogens with one attached hydrogen (secondary N) is 2. The molecule has 0 aliphatic rings. The summed E-state index contributed by atoms with van der Waals surface area (Å²) in [6.07, 6.45) is 1.40. The SMILES string of the molecule is CC(O)(CNC(=O)C(=O)NCc1ccc(F)cc1)c1ccco1. The van der Waals surface area contributed by atoms with Gasteiger partial charge in [-0.25, -0.2) is 4.39 Å². The molecular formula is C16H17FN2O4. The zero-order chi connectivity index (χ0) is 16.9. The second-order valence-electron chi connectivity index (χ2n) is 5.24. The Morgan fingerprint density at radius 3 is 2.43 bits per heavy atom. The van der Waals surface area contributed by atoms with Crippen LogP contribution in [-0.2, 0) is 21.7 Å². The second kappa shape index (κ2) is 7.06. The van der Waals surface area contributed by atoms with Crippen molar-refractivity contribution in [3.8, 4) is 0 Å². The van der Waals surface area contributed by atoms with Gasteiger partial charge in [0.15, 0.2) is 0 Å². The summed E-state index contributed by atoms with van der Waals surface area (Å²) in [6.45, 7) is 1.38. The zero-order valence-electron chi connectivity index (χ0n) is 12.5. The lowest BCUT2D eigenvalue weighted by Gasteiger charge is -2.20. The van der Waals surface area contributed by atoms with Crippen molar-refractivity contribution in [1.82, 2.24) is 10.6 Å². The minimum atomic E-state index is -1.42. The molecule has 1 atom stereocenters. The van der Waals surface area contributed by atoms with E-state index in [2.05, 4.69) is 10.6 Å². The Bertz CT molecular complexity index is 666. The molecule has 0 aliphatic heterocycles. The van der Waals surface area contributed by atoms with Gasteiger partial charge in [0.1, 0.15) is 17.2 Å². The van der Waals surface area contributed by atoms with Crippen molar-refractivity contribution < 1.29 is 23.5 Å². The molecule has 2 amide bonds. The third-order valence-corrected chi connectivity index (χ3v) is 3.22. The zero-order valence-corrected chi connectivity index (χ0v) is 12.5. The molecule has 0 bridgehead atoms. The molecule has 3 N–H and O–H groups in total. The number of rotatable bonds is 5. The summed E-state index contributed by atoms with van der Waals surface area (Å²) in [7, 11) is 0. The molecule has 1 unspecified atom stereocenters. The molecular weight excluding hydrogens is 303 g/mol. The number of benzene rings is 1. The summed E-state index contributed by atoms with van der Waals surface area (Å²) in [5.41, 5.74) is -0.758. The van der Waals surface area contributed by atoms with Gasteiger partial charge in [-0.3, -0.25) is 9.59 Å². The first-order chi connectivity index (χ1) is 10.9. The van der Waals surface area contributed by atoms with E-state index in [1.165, 1.54) is 37.5 Å². The van der Waals surface area contributed by atoms with Gasteiger partial charge in [0.2, 0.25) is 0 Å². The molecule has 1 heterocycles. The van der Waals surface area contributed by atoms with Crippen molar-refractivity contribution in [2.75, 3.05) is 6.54 Å². The highest BCUT2D eigenvalue weighted by Crippen LogP contribution is 2.19. The highest BCUT2D eigenvalue weighted by Gasteiger charge is 2.27. The molecule has 1 aromatic heterocycles. The lowest BCUT2D eigenvalue weighted by Crippen LogP contribution is -2.45. The van der Waals surface area contributed by atoms with Crippen molar-refractivity contribution >= 4 is 11.8 Å². The third kappa shape index (κ3) is 4.65. The topological polar surface area (TPSA) is 91.6 Å². The van der Waals surface area contributed by atoms with E-state index in [1.54, 1.807) is 12.1 Å². The third-order valence-electron chi connectivity index (χ3n) is 3.22. The Morgan fingerprint density at radius 1 is 1.17 bits per heavy atom. The maximum absolute atomic E-state index is 12.8. The number of furan rings is 1. The number of amides is 2. The van der Waals surface area contributed by atoms with Crippen LogP contribution in [0.25, 0.3) is 0 Å². The van der Waals surface area contributed by atoms with Gasteiger partial charge in [-0.1, -0.05) is 12.1 Å². The maximum Gasteiger partial charge on any atom is 0.309 e. The van der Waals surface area contributed by atoms with Gasteiger partial charge in [0, 0.05) is 6.54 Å². The fourth-order valence-electron chi connectivity index (χ4n) is 1.87. The molecule has 2 aromatic rings. The first-order valence-electron chi connectivity index (χ1n) is 6.95. The molecule has 2 rings (SSSR count). The van der Waals surface area contributed by atoms with Gasteiger partial charge >= 0.3 is 11.8 Å². The molecule has 1 aromatic carbocycles. The average molecular weight is 320 g/mol. The number of hydrogen-bond donors (Lipinski definition) is 3. The Kier molecular flexibility index (Phi) is 5.13. The molecule has 0 radical (unpaired) electrons. The van der Waals surface area contributed by atoms with Crippen LogP contribution in [0.15, 0.2) is 47.1 Å². The number of hydrogen-bond acceptors (Lipinski definition) is 4. The van der Waals surface area contributed by atoms with E-state index in [9.17, 15) is 19.1 Å². The highest BCUT2D eigenvalue weighted by molar-refractivity contribution is 6.35. The van der Waals surface area contributed by atoms with Crippen molar-refractivity contribution in [3.05, 3.63) is 59.8 Å². The van der Waals surface area contributed by atoms with Gasteiger partial charge < -0.3 is 20.2 Å². The van der Waals surface area contributed by atoms with Crippen LogP contribution in [0, 0.1) is 5.82 Å². The van der Waals surface area contributed by atoms with E-state index >= 15 is 0 Å². The molecule has 122 valence electrons. The van der Waals surface area contributed by atoms with E-state index < -0.39 is 17.4 Å². The molecule has 6 nitrogen and oxygen atoms in total. The number of aliphatic hydroxyl groups is 1. The average Bonchev–Trinajstić information content (AvgIpc) is 3.07. The number of halogens is 1. The minimum absolute atomic E-state index is 0.0983. The van der Waals surface area contributed by atoms with Crippen molar-refractivity contribution in [2.45, 2.75) is 19.1 Å². The Morgan fingerprint density at radius 2 is 1.83 bits per heavy atom. The standard InChI is InChI=1S/C16H17FN2O4/c1-16(22,13-3-2-8-23-13)10-19-15(21)14(20)18-9-11-4-6-12(17)7-5-11/h2-8,22H,9-10H2,1H3,(H,18,20)(H,19,21). The van der Waals surface area contributed by atoms with Crippen LogP contribution in [0.2, 0.25) is 0 Å². The fourth-order valence-corrected chi connectivity index (χ4v) is 1.87. The summed E-state index contributed by atoms with van der Waals surface area (Å²) in [4.78, 5) is 23.4. The molecule has 0 fully saturated rings. The monoisotopic (exact) mass is 320 g/mol. The first-order valence-corrected chi connectivity index (χ1v) is 6.95. The van der Waals surface area contributed by atoms with Crippen molar-refractivity contribution in [1.29, 1.82) is 0 Å². The first kappa shape index (κ1) is 16.7. The van der Waals surface area contributed by atoms with E-state index in [4.69, 9.17) is 4.42 Å². The summed E-state index contributed by atoms with van der Waals surface area (Å²) in [6, 6.07) is 8.73. The minimum Gasteiger partial charge on any atom is -0.466 e. The van der Waals surface area contributed by atoms with Crippen LogP contribution in [0.4, 0.5) is 4.39 Å². The fraction of sp³-hybridized carbons (Fsp3) is 0.250. The molecule has 0 aliphatic carbocycles. The maximum atomic E-state index is 12.8. The van der Waals surface area contributed by atoms with Gasteiger partial charge in [-0.05, 0) is 36.8 Å².